The molecule has 0 bridgehead atoms. The molecule has 2 atom stereocenters. The van der Waals surface area contributed by atoms with Gasteiger partial charge < -0.3 is 9.47 Å². The van der Waals surface area contributed by atoms with Crippen LogP contribution in [0.25, 0.3) is 0 Å². The maximum atomic E-state index is 13.1. The first kappa shape index (κ1) is 23.6. The van der Waals surface area contributed by atoms with E-state index in [1.165, 1.54) is 0 Å². The average Bonchev–Trinajstić information content (AvgIpc) is 3.06. The molecule has 0 radical (unpaired) electrons. The molecule has 0 aromatic heterocycles. The summed E-state index contributed by atoms with van der Waals surface area (Å²) >= 11 is 12.5. The Morgan fingerprint density at radius 1 is 0.821 bits per heavy atom. The van der Waals surface area contributed by atoms with Crippen molar-refractivity contribution in [1.82, 2.24) is 0 Å². The zero-order chi connectivity index (χ0) is 21.7. The summed E-state index contributed by atoms with van der Waals surface area (Å²) < 4.78 is 88.4. The summed E-state index contributed by atoms with van der Waals surface area (Å²) in [6.45, 7) is 6.85. The van der Waals surface area contributed by atoms with Gasteiger partial charge in [0.2, 0.25) is 0 Å². The summed E-state index contributed by atoms with van der Waals surface area (Å²) in [4.78, 5) is 0. The molecule has 0 heterocycles. The molecule has 0 saturated heterocycles. The van der Waals surface area contributed by atoms with E-state index >= 15 is 0 Å². The molecule has 10 heteroatoms. The van der Waals surface area contributed by atoms with Gasteiger partial charge in [0.25, 0.3) is 0 Å². The Morgan fingerprint density at radius 2 is 1.21 bits per heavy atom. The van der Waals surface area contributed by atoms with Crippen LogP contribution < -0.4 is 0 Å². The molecule has 2 rings (SSSR count). The SMILES string of the molecule is CC(C)OC(OC(C)C)C1C(c2cc(C(F)(F)F)cc(C(F)(F)F)c2)C1(Cl)Cl. The van der Waals surface area contributed by atoms with Crippen LogP contribution in [0.1, 0.15) is 50.3 Å². The standard InChI is InChI=1S/C18H20Cl2F6O2/c1-8(2)27-15(28-9(3)4)14-13(16(14,19)20)10-5-11(17(21,22)23)7-12(6-10)18(24,25)26/h5-9,13-15H,1-4H3. The number of rotatable bonds is 6. The zero-order valence-corrected chi connectivity index (χ0v) is 17.0. The predicted molar refractivity (Wildman–Crippen MR) is 93.3 cm³/mol. The van der Waals surface area contributed by atoms with Crippen molar-refractivity contribution >= 4 is 23.2 Å². The highest BCUT2D eigenvalue weighted by Crippen LogP contribution is 2.67. The lowest BCUT2D eigenvalue weighted by atomic mass is 10.0. The molecule has 0 aliphatic heterocycles. The molecular formula is C18H20Cl2F6O2. The molecule has 1 aliphatic carbocycles. The fraction of sp³-hybridized carbons (Fsp3) is 0.667. The monoisotopic (exact) mass is 452 g/mol. The minimum atomic E-state index is -4.95. The van der Waals surface area contributed by atoms with E-state index in [1.54, 1.807) is 27.7 Å². The van der Waals surface area contributed by atoms with Crippen LogP contribution in [-0.2, 0) is 21.8 Å². The number of hydrogen-bond donors (Lipinski definition) is 0. The Labute approximate surface area is 169 Å². The molecule has 1 fully saturated rings. The van der Waals surface area contributed by atoms with E-state index in [0.29, 0.717) is 12.1 Å². The number of benzene rings is 1. The molecule has 0 spiro atoms. The highest BCUT2D eigenvalue weighted by molar-refractivity contribution is 6.52. The van der Waals surface area contributed by atoms with E-state index in [0.717, 1.165) is 0 Å². The van der Waals surface area contributed by atoms with Crippen molar-refractivity contribution in [3.63, 3.8) is 0 Å². The molecule has 1 aromatic rings. The third kappa shape index (κ3) is 5.26. The van der Waals surface area contributed by atoms with Gasteiger partial charge in [0, 0.05) is 5.92 Å². The molecule has 0 N–H and O–H groups in total. The smallest absolute Gasteiger partial charge is 0.350 e. The van der Waals surface area contributed by atoms with E-state index < -0.39 is 45.9 Å². The molecular weight excluding hydrogens is 433 g/mol. The third-order valence-corrected chi connectivity index (χ3v) is 5.16. The van der Waals surface area contributed by atoms with Crippen LogP contribution in [0, 0.1) is 5.92 Å². The van der Waals surface area contributed by atoms with E-state index in [1.807, 2.05) is 0 Å². The molecule has 0 amide bonds. The lowest BCUT2D eigenvalue weighted by molar-refractivity contribution is -0.192. The van der Waals surface area contributed by atoms with E-state index in [-0.39, 0.29) is 23.8 Å². The van der Waals surface area contributed by atoms with E-state index in [9.17, 15) is 26.3 Å². The molecule has 28 heavy (non-hydrogen) atoms. The van der Waals surface area contributed by atoms with Crippen LogP contribution in [-0.4, -0.2) is 22.8 Å². The number of alkyl halides is 8. The normalized spacial score (nSPS) is 22.4. The lowest BCUT2D eigenvalue weighted by Gasteiger charge is -2.23. The Hall–Kier alpha value is -0.700. The van der Waals surface area contributed by atoms with Gasteiger partial charge in [0.1, 0.15) is 4.33 Å². The van der Waals surface area contributed by atoms with Crippen molar-refractivity contribution in [3.8, 4) is 0 Å². The van der Waals surface area contributed by atoms with Crippen LogP contribution in [0.15, 0.2) is 18.2 Å². The highest BCUT2D eigenvalue weighted by Gasteiger charge is 2.68. The zero-order valence-electron chi connectivity index (χ0n) is 15.5. The topological polar surface area (TPSA) is 18.5 Å². The van der Waals surface area contributed by atoms with Gasteiger partial charge in [-0.1, -0.05) is 0 Å². The molecule has 2 nitrogen and oxygen atoms in total. The maximum Gasteiger partial charge on any atom is 0.416 e. The first-order valence-electron chi connectivity index (χ1n) is 8.53. The van der Waals surface area contributed by atoms with Crippen molar-refractivity contribution in [1.29, 1.82) is 0 Å². The second-order valence-electron chi connectivity index (χ2n) is 7.26. The minimum absolute atomic E-state index is 0.0672. The third-order valence-electron chi connectivity index (χ3n) is 4.18. The summed E-state index contributed by atoms with van der Waals surface area (Å²) in [5.74, 6) is -1.84. The Bertz CT molecular complexity index is 658. The second kappa shape index (κ2) is 7.85. The number of hydrogen-bond acceptors (Lipinski definition) is 2. The predicted octanol–water partition coefficient (Wildman–Crippen LogP) is 6.79. The van der Waals surface area contributed by atoms with Gasteiger partial charge in [-0.25, -0.2) is 0 Å². The summed E-state index contributed by atoms with van der Waals surface area (Å²) in [5.41, 5.74) is -3.10. The van der Waals surface area contributed by atoms with E-state index in [2.05, 4.69) is 0 Å². The van der Waals surface area contributed by atoms with Crippen LogP contribution in [0.5, 0.6) is 0 Å². The molecule has 1 aliphatic rings. The Balaban J connectivity index is 2.48. The van der Waals surface area contributed by atoms with Crippen molar-refractivity contribution in [2.75, 3.05) is 0 Å². The quantitative estimate of drug-likeness (QED) is 0.268. The number of ether oxygens (including phenoxy) is 2. The summed E-state index contributed by atoms with van der Waals surface area (Å²) in [5, 5.41) is 0. The van der Waals surface area contributed by atoms with Crippen LogP contribution in [0.3, 0.4) is 0 Å². The minimum Gasteiger partial charge on any atom is -0.350 e. The Morgan fingerprint density at radius 3 is 1.54 bits per heavy atom. The molecule has 160 valence electrons. The Kier molecular flexibility index (Phi) is 6.61. The van der Waals surface area contributed by atoms with Gasteiger partial charge in [-0.2, -0.15) is 26.3 Å². The van der Waals surface area contributed by atoms with Crippen molar-refractivity contribution in [3.05, 3.63) is 34.9 Å². The van der Waals surface area contributed by atoms with Crippen LogP contribution in [0.4, 0.5) is 26.3 Å². The first-order valence-corrected chi connectivity index (χ1v) is 9.28. The van der Waals surface area contributed by atoms with Crippen LogP contribution in [0.2, 0.25) is 0 Å². The largest absolute Gasteiger partial charge is 0.416 e. The molecule has 1 saturated carbocycles. The van der Waals surface area contributed by atoms with Crippen molar-refractivity contribution in [2.24, 2.45) is 5.92 Å². The van der Waals surface area contributed by atoms with E-state index in [4.69, 9.17) is 32.7 Å². The first-order chi connectivity index (χ1) is 12.5. The second-order valence-corrected chi connectivity index (χ2v) is 8.70. The van der Waals surface area contributed by atoms with Gasteiger partial charge >= 0.3 is 12.4 Å². The van der Waals surface area contributed by atoms with Crippen molar-refractivity contribution in [2.45, 2.75) is 68.8 Å². The fourth-order valence-corrected chi connectivity index (χ4v) is 3.87. The fourth-order valence-electron chi connectivity index (χ4n) is 3.02. The van der Waals surface area contributed by atoms with Gasteiger partial charge in [-0.3, -0.25) is 0 Å². The summed E-state index contributed by atoms with van der Waals surface area (Å²) in [7, 11) is 0. The number of halogens is 8. The van der Waals surface area contributed by atoms with Gasteiger partial charge in [0.15, 0.2) is 6.29 Å². The molecule has 2 unspecified atom stereocenters. The molecule has 1 aromatic carbocycles. The summed E-state index contributed by atoms with van der Waals surface area (Å²) in [6.07, 6.45) is -11.5. The lowest BCUT2D eigenvalue weighted by Crippen LogP contribution is -2.28. The van der Waals surface area contributed by atoms with Gasteiger partial charge in [-0.05, 0) is 51.5 Å². The van der Waals surface area contributed by atoms with Gasteiger partial charge in [-0.15, -0.1) is 23.2 Å². The maximum absolute atomic E-state index is 13.1. The average molecular weight is 453 g/mol. The van der Waals surface area contributed by atoms with Crippen LogP contribution >= 0.6 is 23.2 Å². The van der Waals surface area contributed by atoms with Gasteiger partial charge in [0.05, 0.1) is 29.3 Å². The summed E-state index contributed by atoms with van der Waals surface area (Å²) in [6, 6.07) is 1.35. The highest BCUT2D eigenvalue weighted by atomic mass is 35.5. The van der Waals surface area contributed by atoms with Crippen molar-refractivity contribution < 1.29 is 35.8 Å².